The molecule has 1 aliphatic heterocycles. The maximum absolute atomic E-state index is 5.44. The third-order valence-electron chi connectivity index (χ3n) is 5.21. The second kappa shape index (κ2) is 8.39. The SMILES string of the molecule is COc1ccc(-c2noc(-c3ccc(N4CCN(c5ncccn5)CC4)nc3)n2)cc1. The minimum absolute atomic E-state index is 0.441. The first-order chi connectivity index (χ1) is 15.3. The fourth-order valence-corrected chi connectivity index (χ4v) is 3.49. The summed E-state index contributed by atoms with van der Waals surface area (Å²) < 4.78 is 10.6. The van der Waals surface area contributed by atoms with E-state index in [1.165, 1.54) is 0 Å². The van der Waals surface area contributed by atoms with Crippen molar-refractivity contribution in [3.8, 4) is 28.6 Å². The number of anilines is 2. The molecule has 4 aromatic rings. The lowest BCUT2D eigenvalue weighted by Crippen LogP contribution is -2.47. The first-order valence-electron chi connectivity index (χ1n) is 10.0. The molecule has 4 heterocycles. The number of methoxy groups -OCH3 is 1. The second-order valence-electron chi connectivity index (χ2n) is 7.08. The van der Waals surface area contributed by atoms with Crippen LogP contribution in [0.15, 0.2) is 65.6 Å². The van der Waals surface area contributed by atoms with Crippen LogP contribution in [0.25, 0.3) is 22.8 Å². The minimum atomic E-state index is 0.441. The Bertz CT molecular complexity index is 1120. The van der Waals surface area contributed by atoms with Gasteiger partial charge in [-0.15, -0.1) is 0 Å². The van der Waals surface area contributed by atoms with Crippen LogP contribution in [0.5, 0.6) is 5.75 Å². The molecule has 1 aliphatic rings. The van der Waals surface area contributed by atoms with Crippen LogP contribution in [0.4, 0.5) is 11.8 Å². The van der Waals surface area contributed by atoms with Gasteiger partial charge >= 0.3 is 0 Å². The van der Waals surface area contributed by atoms with E-state index in [0.29, 0.717) is 11.7 Å². The van der Waals surface area contributed by atoms with Crippen LogP contribution in [-0.2, 0) is 0 Å². The molecular formula is C22H21N7O2. The van der Waals surface area contributed by atoms with Crippen LogP contribution >= 0.6 is 0 Å². The Morgan fingerprint density at radius 3 is 2.23 bits per heavy atom. The minimum Gasteiger partial charge on any atom is -0.497 e. The summed E-state index contributed by atoms with van der Waals surface area (Å²) in [4.78, 5) is 22.2. The molecule has 0 N–H and O–H groups in total. The number of aromatic nitrogens is 5. The molecule has 9 heteroatoms. The molecule has 9 nitrogen and oxygen atoms in total. The zero-order valence-corrected chi connectivity index (χ0v) is 17.0. The fraction of sp³-hybridized carbons (Fsp3) is 0.227. The Morgan fingerprint density at radius 2 is 1.55 bits per heavy atom. The highest BCUT2D eigenvalue weighted by Gasteiger charge is 2.20. The van der Waals surface area contributed by atoms with Crippen LogP contribution in [0, 0.1) is 0 Å². The predicted octanol–water partition coefficient (Wildman–Crippen LogP) is 2.92. The maximum Gasteiger partial charge on any atom is 0.259 e. The van der Waals surface area contributed by atoms with Crippen LogP contribution < -0.4 is 14.5 Å². The Hall–Kier alpha value is -4.01. The van der Waals surface area contributed by atoms with Gasteiger partial charge in [0.05, 0.1) is 12.7 Å². The Kier molecular flexibility index (Phi) is 5.14. The predicted molar refractivity (Wildman–Crippen MR) is 116 cm³/mol. The third kappa shape index (κ3) is 4.02. The lowest BCUT2D eigenvalue weighted by Gasteiger charge is -2.35. The number of rotatable bonds is 5. The zero-order chi connectivity index (χ0) is 21.0. The molecule has 0 spiro atoms. The molecule has 156 valence electrons. The zero-order valence-electron chi connectivity index (χ0n) is 17.0. The van der Waals surface area contributed by atoms with E-state index in [2.05, 4.69) is 34.9 Å². The molecule has 0 unspecified atom stereocenters. The van der Waals surface area contributed by atoms with Gasteiger partial charge in [-0.2, -0.15) is 4.98 Å². The van der Waals surface area contributed by atoms with Gasteiger partial charge in [0.2, 0.25) is 11.8 Å². The second-order valence-corrected chi connectivity index (χ2v) is 7.08. The van der Waals surface area contributed by atoms with E-state index in [9.17, 15) is 0 Å². The number of benzene rings is 1. The monoisotopic (exact) mass is 415 g/mol. The van der Waals surface area contributed by atoms with Crippen molar-refractivity contribution in [1.29, 1.82) is 0 Å². The van der Waals surface area contributed by atoms with E-state index in [1.807, 2.05) is 42.5 Å². The van der Waals surface area contributed by atoms with E-state index in [-0.39, 0.29) is 0 Å². The fourth-order valence-electron chi connectivity index (χ4n) is 3.49. The smallest absolute Gasteiger partial charge is 0.259 e. The molecule has 0 saturated carbocycles. The van der Waals surface area contributed by atoms with Crippen molar-refractivity contribution >= 4 is 11.8 Å². The van der Waals surface area contributed by atoms with Crippen molar-refractivity contribution in [3.05, 3.63) is 61.1 Å². The molecule has 0 radical (unpaired) electrons. The highest BCUT2D eigenvalue weighted by Crippen LogP contribution is 2.25. The summed E-state index contributed by atoms with van der Waals surface area (Å²) in [6.07, 6.45) is 5.31. The van der Waals surface area contributed by atoms with Gasteiger partial charge in [0, 0.05) is 50.3 Å². The Balaban J connectivity index is 1.25. The van der Waals surface area contributed by atoms with Crippen LogP contribution in [0.3, 0.4) is 0 Å². The molecule has 0 atom stereocenters. The van der Waals surface area contributed by atoms with Crippen molar-refractivity contribution in [3.63, 3.8) is 0 Å². The van der Waals surface area contributed by atoms with Crippen molar-refractivity contribution in [1.82, 2.24) is 25.1 Å². The van der Waals surface area contributed by atoms with Gasteiger partial charge in [-0.1, -0.05) is 5.16 Å². The average molecular weight is 415 g/mol. The molecule has 3 aromatic heterocycles. The van der Waals surface area contributed by atoms with Gasteiger partial charge < -0.3 is 19.1 Å². The number of piperazine rings is 1. The summed E-state index contributed by atoms with van der Waals surface area (Å²) in [7, 11) is 1.63. The van der Waals surface area contributed by atoms with Crippen LogP contribution in [-0.4, -0.2) is 58.4 Å². The summed E-state index contributed by atoms with van der Waals surface area (Å²) in [6.45, 7) is 3.41. The van der Waals surface area contributed by atoms with E-state index in [0.717, 1.165) is 54.8 Å². The van der Waals surface area contributed by atoms with Gasteiger partial charge in [0.1, 0.15) is 11.6 Å². The van der Waals surface area contributed by atoms with Crippen LogP contribution in [0.2, 0.25) is 0 Å². The molecular weight excluding hydrogens is 394 g/mol. The van der Waals surface area contributed by atoms with Gasteiger partial charge in [0.15, 0.2) is 0 Å². The van der Waals surface area contributed by atoms with E-state index in [1.54, 1.807) is 25.7 Å². The number of hydrogen-bond donors (Lipinski definition) is 0. The number of pyridine rings is 1. The summed E-state index contributed by atoms with van der Waals surface area (Å²) in [5, 5.41) is 4.09. The molecule has 31 heavy (non-hydrogen) atoms. The third-order valence-corrected chi connectivity index (χ3v) is 5.21. The van der Waals surface area contributed by atoms with E-state index in [4.69, 9.17) is 9.26 Å². The van der Waals surface area contributed by atoms with Crippen molar-refractivity contribution < 1.29 is 9.26 Å². The average Bonchev–Trinajstić information content (AvgIpc) is 3.35. The lowest BCUT2D eigenvalue weighted by molar-refractivity contribution is 0.415. The molecule has 5 rings (SSSR count). The quantitative estimate of drug-likeness (QED) is 0.488. The molecule has 1 aromatic carbocycles. The van der Waals surface area contributed by atoms with Gasteiger partial charge in [-0.25, -0.2) is 15.0 Å². The van der Waals surface area contributed by atoms with Crippen molar-refractivity contribution in [2.75, 3.05) is 43.1 Å². The van der Waals surface area contributed by atoms with Crippen LogP contribution in [0.1, 0.15) is 0 Å². The summed E-state index contributed by atoms with van der Waals surface area (Å²) >= 11 is 0. The highest BCUT2D eigenvalue weighted by atomic mass is 16.5. The molecule has 1 saturated heterocycles. The number of ether oxygens (including phenoxy) is 1. The molecule has 0 amide bonds. The first kappa shape index (κ1) is 19.0. The largest absolute Gasteiger partial charge is 0.497 e. The maximum atomic E-state index is 5.44. The number of nitrogens with zero attached hydrogens (tertiary/aromatic N) is 7. The normalized spacial score (nSPS) is 14.0. The van der Waals surface area contributed by atoms with Crippen molar-refractivity contribution in [2.45, 2.75) is 0 Å². The van der Waals surface area contributed by atoms with Gasteiger partial charge in [-0.3, -0.25) is 0 Å². The summed E-state index contributed by atoms with van der Waals surface area (Å²) in [6, 6.07) is 13.3. The van der Waals surface area contributed by atoms with Gasteiger partial charge in [0.25, 0.3) is 5.89 Å². The topological polar surface area (TPSA) is 93.3 Å². The first-order valence-corrected chi connectivity index (χ1v) is 10.0. The van der Waals surface area contributed by atoms with E-state index >= 15 is 0 Å². The van der Waals surface area contributed by atoms with Crippen molar-refractivity contribution in [2.24, 2.45) is 0 Å². The Morgan fingerprint density at radius 1 is 0.839 bits per heavy atom. The number of hydrogen-bond acceptors (Lipinski definition) is 9. The summed E-state index contributed by atoms with van der Waals surface area (Å²) in [5.41, 5.74) is 1.65. The highest BCUT2D eigenvalue weighted by molar-refractivity contribution is 5.61. The summed E-state index contributed by atoms with van der Waals surface area (Å²) in [5.74, 6) is 3.45. The van der Waals surface area contributed by atoms with Gasteiger partial charge in [-0.05, 0) is 42.5 Å². The molecule has 0 bridgehead atoms. The molecule has 0 aliphatic carbocycles. The Labute approximate surface area is 179 Å². The van der Waals surface area contributed by atoms with E-state index < -0.39 is 0 Å². The lowest BCUT2D eigenvalue weighted by atomic mass is 10.2. The standard InChI is InChI=1S/C22H21N7O2/c1-30-18-6-3-16(4-7-18)20-26-21(31-27-20)17-5-8-19(25-15-17)28-11-13-29(14-12-28)22-23-9-2-10-24-22/h2-10,15H,11-14H2,1H3. The molecule has 1 fully saturated rings.